The van der Waals surface area contributed by atoms with Gasteiger partial charge in [0.25, 0.3) is 0 Å². The number of rotatable bonds is 4. The van der Waals surface area contributed by atoms with Crippen molar-refractivity contribution in [2.75, 3.05) is 13.2 Å². The Bertz CT molecular complexity index is 451. The van der Waals surface area contributed by atoms with Crippen molar-refractivity contribution in [2.24, 2.45) is 5.92 Å². The molecule has 1 atom stereocenters. The van der Waals surface area contributed by atoms with E-state index in [0.717, 1.165) is 31.6 Å². The molecule has 1 amide bonds. The fourth-order valence-electron chi connectivity index (χ4n) is 3.41. The summed E-state index contributed by atoms with van der Waals surface area (Å²) in [6.45, 7) is 1.95. The number of ether oxygens (including phenoxy) is 1. The first-order valence-electron chi connectivity index (χ1n) is 8.13. The third-order valence-electron chi connectivity index (χ3n) is 4.64. The average Bonchev–Trinajstić information content (AvgIpc) is 3.08. The molecule has 1 aliphatic heterocycles. The smallest absolute Gasteiger partial charge is 0.228 e. The minimum Gasteiger partial charge on any atom is -0.381 e. The number of hydrogen-bond acceptors (Lipinski definition) is 3. The van der Waals surface area contributed by atoms with E-state index in [1.165, 1.54) is 19.3 Å². The molecule has 1 saturated heterocycles. The molecule has 1 aromatic rings. The Morgan fingerprint density at radius 2 is 2.10 bits per heavy atom. The van der Waals surface area contributed by atoms with Crippen LogP contribution in [-0.4, -0.2) is 35.0 Å². The molecular formula is C17H24N2O2. The van der Waals surface area contributed by atoms with Crippen LogP contribution < -0.4 is 0 Å². The van der Waals surface area contributed by atoms with Crippen molar-refractivity contribution in [3.8, 4) is 0 Å². The zero-order valence-corrected chi connectivity index (χ0v) is 12.5. The Hall–Kier alpha value is -1.42. The van der Waals surface area contributed by atoms with Crippen molar-refractivity contribution in [3.05, 3.63) is 30.1 Å². The molecular weight excluding hydrogens is 264 g/mol. The van der Waals surface area contributed by atoms with Crippen molar-refractivity contribution in [3.63, 3.8) is 0 Å². The van der Waals surface area contributed by atoms with Crippen LogP contribution in [0.25, 0.3) is 0 Å². The first-order valence-corrected chi connectivity index (χ1v) is 8.13. The number of hydrogen-bond donors (Lipinski definition) is 0. The SMILES string of the molecule is O=C([C@H]1CCOC1)N(Cc1ccccn1)C1CCCCC1. The van der Waals surface area contributed by atoms with Crippen molar-refractivity contribution in [1.29, 1.82) is 0 Å². The minimum absolute atomic E-state index is 0.0515. The Morgan fingerprint density at radius 3 is 2.76 bits per heavy atom. The lowest BCUT2D eigenvalue weighted by atomic mass is 9.92. The Balaban J connectivity index is 1.74. The fraction of sp³-hybridized carbons (Fsp3) is 0.647. The second-order valence-electron chi connectivity index (χ2n) is 6.14. The zero-order valence-electron chi connectivity index (χ0n) is 12.5. The van der Waals surface area contributed by atoms with Gasteiger partial charge in [0.15, 0.2) is 0 Å². The maximum absolute atomic E-state index is 12.9. The van der Waals surface area contributed by atoms with E-state index in [1.54, 1.807) is 6.20 Å². The molecule has 2 heterocycles. The fourth-order valence-corrected chi connectivity index (χ4v) is 3.41. The number of pyridine rings is 1. The van der Waals surface area contributed by atoms with E-state index >= 15 is 0 Å². The molecule has 3 rings (SSSR count). The molecule has 0 aromatic carbocycles. The lowest BCUT2D eigenvalue weighted by molar-refractivity contribution is -0.139. The molecule has 114 valence electrons. The van der Waals surface area contributed by atoms with Gasteiger partial charge in [-0.05, 0) is 31.4 Å². The van der Waals surface area contributed by atoms with Crippen LogP contribution in [0.1, 0.15) is 44.2 Å². The number of nitrogens with zero attached hydrogens (tertiary/aromatic N) is 2. The molecule has 4 nitrogen and oxygen atoms in total. The first-order chi connectivity index (χ1) is 10.3. The predicted octanol–water partition coefficient (Wildman–Crippen LogP) is 2.78. The van der Waals surface area contributed by atoms with Crippen molar-refractivity contribution < 1.29 is 9.53 Å². The van der Waals surface area contributed by atoms with Gasteiger partial charge in [0.2, 0.25) is 5.91 Å². The summed E-state index contributed by atoms with van der Waals surface area (Å²) in [4.78, 5) is 19.3. The van der Waals surface area contributed by atoms with Gasteiger partial charge in [0.05, 0.1) is 24.8 Å². The second kappa shape index (κ2) is 7.03. The number of amides is 1. The molecule has 0 unspecified atom stereocenters. The quantitative estimate of drug-likeness (QED) is 0.855. The number of carbonyl (C=O) groups is 1. The highest BCUT2D eigenvalue weighted by Crippen LogP contribution is 2.27. The van der Waals surface area contributed by atoms with E-state index in [-0.39, 0.29) is 11.8 Å². The summed E-state index contributed by atoms with van der Waals surface area (Å²) in [5.74, 6) is 0.320. The Labute approximate surface area is 126 Å². The van der Waals surface area contributed by atoms with E-state index in [2.05, 4.69) is 9.88 Å². The molecule has 0 N–H and O–H groups in total. The molecule has 21 heavy (non-hydrogen) atoms. The molecule has 4 heteroatoms. The number of aromatic nitrogens is 1. The lowest BCUT2D eigenvalue weighted by Crippen LogP contribution is -2.44. The monoisotopic (exact) mass is 288 g/mol. The summed E-state index contributed by atoms with van der Waals surface area (Å²) in [5.41, 5.74) is 0.982. The minimum atomic E-state index is 0.0515. The van der Waals surface area contributed by atoms with Gasteiger partial charge in [-0.2, -0.15) is 0 Å². The van der Waals surface area contributed by atoms with Gasteiger partial charge in [-0.3, -0.25) is 9.78 Å². The molecule has 1 aromatic heterocycles. The predicted molar refractivity (Wildman–Crippen MR) is 80.6 cm³/mol. The van der Waals surface area contributed by atoms with Crippen LogP contribution in [0.3, 0.4) is 0 Å². The van der Waals surface area contributed by atoms with Gasteiger partial charge in [-0.15, -0.1) is 0 Å². The number of carbonyl (C=O) groups excluding carboxylic acids is 1. The standard InChI is InChI=1S/C17H24N2O2/c20-17(14-9-11-21-13-14)19(16-7-2-1-3-8-16)12-15-6-4-5-10-18-15/h4-6,10,14,16H,1-3,7-9,11-13H2/t14-/m0/s1. The van der Waals surface area contributed by atoms with Crippen molar-refractivity contribution in [1.82, 2.24) is 9.88 Å². The maximum atomic E-state index is 12.9. The summed E-state index contributed by atoms with van der Waals surface area (Å²) >= 11 is 0. The van der Waals surface area contributed by atoms with Crippen LogP contribution in [0, 0.1) is 5.92 Å². The average molecular weight is 288 g/mol. The van der Waals surface area contributed by atoms with Gasteiger partial charge >= 0.3 is 0 Å². The summed E-state index contributed by atoms with van der Waals surface area (Å²) in [6.07, 6.45) is 8.70. The third-order valence-corrected chi connectivity index (χ3v) is 4.64. The summed E-state index contributed by atoms with van der Waals surface area (Å²) < 4.78 is 5.40. The lowest BCUT2D eigenvalue weighted by Gasteiger charge is -2.35. The van der Waals surface area contributed by atoms with Gasteiger partial charge in [-0.1, -0.05) is 25.3 Å². The molecule has 2 aliphatic rings. The van der Waals surface area contributed by atoms with Gasteiger partial charge in [0.1, 0.15) is 0 Å². The van der Waals surface area contributed by atoms with Crippen LogP contribution in [0.5, 0.6) is 0 Å². The third kappa shape index (κ3) is 3.62. The van der Waals surface area contributed by atoms with Gasteiger partial charge in [0, 0.05) is 18.8 Å². The molecule has 2 fully saturated rings. The Kier molecular flexibility index (Phi) is 4.86. The van der Waals surface area contributed by atoms with Crippen LogP contribution in [0.4, 0.5) is 0 Å². The van der Waals surface area contributed by atoms with Crippen molar-refractivity contribution >= 4 is 5.91 Å². The largest absolute Gasteiger partial charge is 0.381 e. The molecule has 1 saturated carbocycles. The topological polar surface area (TPSA) is 42.4 Å². The van der Waals surface area contributed by atoms with E-state index in [1.807, 2.05) is 18.2 Å². The summed E-state index contributed by atoms with van der Waals surface area (Å²) in [6, 6.07) is 6.30. The van der Waals surface area contributed by atoms with E-state index in [4.69, 9.17) is 4.74 Å². The highest BCUT2D eigenvalue weighted by atomic mass is 16.5. The summed E-state index contributed by atoms with van der Waals surface area (Å²) in [7, 11) is 0. The maximum Gasteiger partial charge on any atom is 0.228 e. The van der Waals surface area contributed by atoms with E-state index in [9.17, 15) is 4.79 Å². The van der Waals surface area contributed by atoms with Crippen molar-refractivity contribution in [2.45, 2.75) is 51.1 Å². The molecule has 0 radical (unpaired) electrons. The molecule has 0 bridgehead atoms. The van der Waals surface area contributed by atoms with Crippen LogP contribution >= 0.6 is 0 Å². The highest BCUT2D eigenvalue weighted by molar-refractivity contribution is 5.79. The van der Waals surface area contributed by atoms with Gasteiger partial charge in [-0.25, -0.2) is 0 Å². The van der Waals surface area contributed by atoms with Crippen LogP contribution in [0.2, 0.25) is 0 Å². The summed E-state index contributed by atoms with van der Waals surface area (Å²) in [5, 5.41) is 0. The molecule has 0 spiro atoms. The Morgan fingerprint density at radius 1 is 1.24 bits per heavy atom. The van der Waals surface area contributed by atoms with Gasteiger partial charge < -0.3 is 9.64 Å². The normalized spacial score (nSPS) is 23.1. The zero-order chi connectivity index (χ0) is 14.5. The van der Waals surface area contributed by atoms with Crippen LogP contribution in [0.15, 0.2) is 24.4 Å². The van der Waals surface area contributed by atoms with E-state index in [0.29, 0.717) is 19.2 Å². The first kappa shape index (κ1) is 14.5. The second-order valence-corrected chi connectivity index (χ2v) is 6.14. The van der Waals surface area contributed by atoms with E-state index < -0.39 is 0 Å². The van der Waals surface area contributed by atoms with Crippen LogP contribution in [-0.2, 0) is 16.1 Å². The highest BCUT2D eigenvalue weighted by Gasteiger charge is 2.32. The molecule has 1 aliphatic carbocycles.